The van der Waals surface area contributed by atoms with Gasteiger partial charge in [-0.05, 0) is 49.9 Å². The van der Waals surface area contributed by atoms with E-state index in [1.54, 1.807) is 12.1 Å². The zero-order valence-electron chi connectivity index (χ0n) is 13.7. The molecular formula is C20H21NO3. The minimum atomic E-state index is -1.02. The molecule has 1 aliphatic rings. The Kier molecular flexibility index (Phi) is 4.38. The van der Waals surface area contributed by atoms with Gasteiger partial charge in [0.05, 0.1) is 5.56 Å². The molecule has 1 fully saturated rings. The molecule has 1 heterocycles. The van der Waals surface area contributed by atoms with Gasteiger partial charge in [-0.1, -0.05) is 36.4 Å². The van der Waals surface area contributed by atoms with Gasteiger partial charge in [0.1, 0.15) is 0 Å². The van der Waals surface area contributed by atoms with Gasteiger partial charge < -0.3 is 10.0 Å². The molecule has 3 rings (SSSR count). The Hall–Kier alpha value is -2.62. The summed E-state index contributed by atoms with van der Waals surface area (Å²) in [5.41, 5.74) is 1.55. The number of benzene rings is 2. The summed E-state index contributed by atoms with van der Waals surface area (Å²) in [4.78, 5) is 26.0. The van der Waals surface area contributed by atoms with Gasteiger partial charge in [0.2, 0.25) is 0 Å². The molecule has 124 valence electrons. The lowest BCUT2D eigenvalue weighted by Gasteiger charge is -2.35. The highest BCUT2D eigenvalue weighted by Gasteiger charge is 2.39. The van der Waals surface area contributed by atoms with E-state index >= 15 is 0 Å². The molecule has 1 N–H and O–H groups in total. The lowest BCUT2D eigenvalue weighted by molar-refractivity contribution is 0.0624. The van der Waals surface area contributed by atoms with E-state index in [1.165, 1.54) is 17.7 Å². The zero-order valence-corrected chi connectivity index (χ0v) is 13.7. The third-order valence-electron chi connectivity index (χ3n) is 4.78. The second-order valence-electron chi connectivity index (χ2n) is 6.61. The van der Waals surface area contributed by atoms with E-state index in [9.17, 15) is 9.59 Å². The van der Waals surface area contributed by atoms with Gasteiger partial charge in [0.15, 0.2) is 0 Å². The Labute approximate surface area is 141 Å². The van der Waals surface area contributed by atoms with Gasteiger partial charge in [-0.25, -0.2) is 4.79 Å². The number of nitrogens with zero attached hydrogens (tertiary/aromatic N) is 1. The zero-order chi connectivity index (χ0) is 17.2. The van der Waals surface area contributed by atoms with Crippen molar-refractivity contribution in [1.82, 2.24) is 4.90 Å². The highest BCUT2D eigenvalue weighted by molar-refractivity contribution is 5.98. The first kappa shape index (κ1) is 16.2. The Balaban J connectivity index is 1.85. The van der Waals surface area contributed by atoms with E-state index < -0.39 is 5.97 Å². The maximum absolute atomic E-state index is 13.0. The van der Waals surface area contributed by atoms with E-state index in [4.69, 9.17) is 5.11 Å². The SMILES string of the molecule is CC1(Cc2ccccc2)CCCN1C(=O)c1cccc(C(=O)O)c1. The summed E-state index contributed by atoms with van der Waals surface area (Å²) < 4.78 is 0. The van der Waals surface area contributed by atoms with Crippen molar-refractivity contribution in [2.24, 2.45) is 0 Å². The van der Waals surface area contributed by atoms with Gasteiger partial charge in [-0.15, -0.1) is 0 Å². The van der Waals surface area contributed by atoms with Gasteiger partial charge in [-0.2, -0.15) is 0 Å². The number of hydrogen-bond donors (Lipinski definition) is 1. The number of hydrogen-bond acceptors (Lipinski definition) is 2. The summed E-state index contributed by atoms with van der Waals surface area (Å²) in [6.07, 6.45) is 2.72. The molecule has 4 nitrogen and oxygen atoms in total. The molecule has 0 aliphatic carbocycles. The highest BCUT2D eigenvalue weighted by atomic mass is 16.4. The number of carbonyl (C=O) groups is 2. The van der Waals surface area contributed by atoms with Crippen LogP contribution >= 0.6 is 0 Å². The molecule has 1 saturated heterocycles. The average molecular weight is 323 g/mol. The summed E-state index contributed by atoms with van der Waals surface area (Å²) in [5, 5.41) is 9.13. The van der Waals surface area contributed by atoms with Crippen LogP contribution in [0.1, 0.15) is 46.0 Å². The number of carboxylic acid groups (broad SMARTS) is 1. The topological polar surface area (TPSA) is 57.6 Å². The second kappa shape index (κ2) is 6.48. The number of carbonyl (C=O) groups excluding carboxylic acids is 1. The average Bonchev–Trinajstić information content (AvgIpc) is 2.96. The van der Waals surface area contributed by atoms with Crippen LogP contribution in [0.4, 0.5) is 0 Å². The molecule has 1 unspecified atom stereocenters. The lowest BCUT2D eigenvalue weighted by atomic mass is 9.89. The fourth-order valence-electron chi connectivity index (χ4n) is 3.53. The number of likely N-dealkylation sites (tertiary alicyclic amines) is 1. The number of aromatic carboxylic acids is 1. The number of rotatable bonds is 4. The van der Waals surface area contributed by atoms with Crippen LogP contribution < -0.4 is 0 Å². The normalized spacial score (nSPS) is 20.1. The predicted octanol–water partition coefficient (Wildman–Crippen LogP) is 3.62. The molecule has 1 atom stereocenters. The molecule has 1 amide bonds. The van der Waals surface area contributed by atoms with Gasteiger partial charge in [0, 0.05) is 17.6 Å². The molecule has 2 aromatic carbocycles. The quantitative estimate of drug-likeness (QED) is 0.935. The summed E-state index contributed by atoms with van der Waals surface area (Å²) in [7, 11) is 0. The largest absolute Gasteiger partial charge is 0.478 e. The third-order valence-corrected chi connectivity index (χ3v) is 4.78. The fourth-order valence-corrected chi connectivity index (χ4v) is 3.53. The first-order chi connectivity index (χ1) is 11.5. The van der Waals surface area contributed by atoms with Crippen molar-refractivity contribution in [1.29, 1.82) is 0 Å². The molecular weight excluding hydrogens is 302 g/mol. The van der Waals surface area contributed by atoms with Gasteiger partial charge >= 0.3 is 5.97 Å². The smallest absolute Gasteiger partial charge is 0.335 e. The van der Waals surface area contributed by atoms with Crippen LogP contribution in [0.25, 0.3) is 0 Å². The molecule has 0 spiro atoms. The maximum atomic E-state index is 13.0. The van der Waals surface area contributed by atoms with Crippen molar-refractivity contribution in [3.63, 3.8) is 0 Å². The third kappa shape index (κ3) is 3.18. The Bertz CT molecular complexity index is 756. The first-order valence-electron chi connectivity index (χ1n) is 8.19. The minimum absolute atomic E-state index is 0.0889. The molecule has 0 aromatic heterocycles. The van der Waals surface area contributed by atoms with Gasteiger partial charge in [-0.3, -0.25) is 4.79 Å². The summed E-state index contributed by atoms with van der Waals surface area (Å²) >= 11 is 0. The monoisotopic (exact) mass is 323 g/mol. The van der Waals surface area contributed by atoms with Gasteiger partial charge in [0.25, 0.3) is 5.91 Å². The van der Waals surface area contributed by atoms with E-state index in [2.05, 4.69) is 19.1 Å². The van der Waals surface area contributed by atoms with Crippen molar-refractivity contribution in [2.45, 2.75) is 31.7 Å². The van der Waals surface area contributed by atoms with Crippen LogP contribution in [0.5, 0.6) is 0 Å². The van der Waals surface area contributed by atoms with E-state index in [1.807, 2.05) is 23.1 Å². The van der Waals surface area contributed by atoms with Crippen LogP contribution in [0.3, 0.4) is 0 Å². The van der Waals surface area contributed by atoms with Crippen molar-refractivity contribution < 1.29 is 14.7 Å². The van der Waals surface area contributed by atoms with Crippen LogP contribution in [-0.4, -0.2) is 34.0 Å². The fraction of sp³-hybridized carbons (Fsp3) is 0.300. The second-order valence-corrected chi connectivity index (χ2v) is 6.61. The van der Waals surface area contributed by atoms with Crippen LogP contribution in [0, 0.1) is 0 Å². The predicted molar refractivity (Wildman–Crippen MR) is 92.2 cm³/mol. The molecule has 0 bridgehead atoms. The number of amides is 1. The first-order valence-corrected chi connectivity index (χ1v) is 8.19. The molecule has 4 heteroatoms. The van der Waals surface area contributed by atoms with Crippen LogP contribution in [-0.2, 0) is 6.42 Å². The van der Waals surface area contributed by atoms with E-state index in [0.717, 1.165) is 19.3 Å². The molecule has 2 aromatic rings. The van der Waals surface area contributed by atoms with E-state index in [-0.39, 0.29) is 17.0 Å². The number of carboxylic acids is 1. The molecule has 0 saturated carbocycles. The minimum Gasteiger partial charge on any atom is -0.478 e. The van der Waals surface area contributed by atoms with Crippen molar-refractivity contribution in [3.8, 4) is 0 Å². The maximum Gasteiger partial charge on any atom is 0.335 e. The Morgan fingerprint density at radius 3 is 2.50 bits per heavy atom. The Morgan fingerprint density at radius 1 is 1.08 bits per heavy atom. The standard InChI is InChI=1S/C20H21NO3/c1-20(14-15-7-3-2-4-8-15)11-6-12-21(20)18(22)16-9-5-10-17(13-16)19(23)24/h2-5,7-10,13H,6,11-12,14H2,1H3,(H,23,24). The lowest BCUT2D eigenvalue weighted by Crippen LogP contribution is -2.46. The Morgan fingerprint density at radius 2 is 1.79 bits per heavy atom. The summed E-state index contributed by atoms with van der Waals surface area (Å²) in [6.45, 7) is 2.82. The van der Waals surface area contributed by atoms with Crippen molar-refractivity contribution in [3.05, 3.63) is 71.3 Å². The highest BCUT2D eigenvalue weighted by Crippen LogP contribution is 2.33. The van der Waals surface area contributed by atoms with Crippen molar-refractivity contribution in [2.75, 3.05) is 6.54 Å². The molecule has 0 radical (unpaired) electrons. The molecule has 24 heavy (non-hydrogen) atoms. The molecule has 1 aliphatic heterocycles. The van der Waals surface area contributed by atoms with Crippen LogP contribution in [0.2, 0.25) is 0 Å². The summed E-state index contributed by atoms with van der Waals surface area (Å²) in [6, 6.07) is 16.5. The van der Waals surface area contributed by atoms with Crippen molar-refractivity contribution >= 4 is 11.9 Å². The van der Waals surface area contributed by atoms with Crippen LogP contribution in [0.15, 0.2) is 54.6 Å². The van der Waals surface area contributed by atoms with E-state index in [0.29, 0.717) is 12.1 Å². The summed E-state index contributed by atoms with van der Waals surface area (Å²) in [5.74, 6) is -1.10.